The van der Waals surface area contributed by atoms with Gasteiger partial charge in [0.05, 0.1) is 24.1 Å². The highest BCUT2D eigenvalue weighted by Crippen LogP contribution is 2.38. The maximum Gasteiger partial charge on any atom is 0.419 e. The summed E-state index contributed by atoms with van der Waals surface area (Å²) in [6, 6.07) is 0.680. The minimum Gasteiger partial charge on any atom is -0.478 e. The first kappa shape index (κ1) is 25.5. The van der Waals surface area contributed by atoms with E-state index in [-0.39, 0.29) is 35.5 Å². The normalized spacial score (nSPS) is 16.8. The summed E-state index contributed by atoms with van der Waals surface area (Å²) in [5.41, 5.74) is 0.102. The molecule has 0 spiro atoms. The van der Waals surface area contributed by atoms with E-state index in [0.29, 0.717) is 25.0 Å². The lowest BCUT2D eigenvalue weighted by Crippen LogP contribution is -2.49. The smallest absolute Gasteiger partial charge is 0.419 e. The lowest BCUT2D eigenvalue weighted by Gasteiger charge is -2.35. The van der Waals surface area contributed by atoms with Crippen LogP contribution in [-0.2, 0) is 10.9 Å². The minimum absolute atomic E-state index is 0.182. The van der Waals surface area contributed by atoms with E-state index in [1.807, 2.05) is 0 Å². The van der Waals surface area contributed by atoms with Gasteiger partial charge in [0.1, 0.15) is 11.4 Å². The zero-order chi connectivity index (χ0) is 26.3. The number of ether oxygens (including phenoxy) is 2. The molecule has 4 heterocycles. The van der Waals surface area contributed by atoms with Crippen LogP contribution in [0, 0.1) is 6.92 Å². The molecule has 0 aromatic carbocycles. The van der Waals surface area contributed by atoms with Crippen molar-refractivity contribution in [3.63, 3.8) is 0 Å². The molecule has 4 rings (SSSR count). The Morgan fingerprint density at radius 3 is 2.61 bits per heavy atom. The Kier molecular flexibility index (Phi) is 6.72. The van der Waals surface area contributed by atoms with Crippen LogP contribution in [0.25, 0.3) is 16.9 Å². The summed E-state index contributed by atoms with van der Waals surface area (Å²) in [7, 11) is 1.43. The van der Waals surface area contributed by atoms with Crippen molar-refractivity contribution in [3.8, 4) is 17.1 Å². The molecule has 1 amide bonds. The summed E-state index contributed by atoms with van der Waals surface area (Å²) in [5.74, 6) is 0.0128. The Balaban J connectivity index is 1.65. The molecular formula is C24H29F3N6O3. The molecule has 3 aromatic rings. The van der Waals surface area contributed by atoms with E-state index < -0.39 is 23.4 Å². The maximum atomic E-state index is 14.2. The standard InChI is InChI=1S/C24H29F3N6O3/c1-14-11-33-13-18(31-21(35-5)20(33)29-14)15-9-17(24(25,26)27)19(28-10-15)32-8-6-7-16(12-32)30-22(34)36-23(2,3)4/h9-11,13,16H,6-8,12H2,1-5H3,(H,30,34)/t16-/m1/s1. The Morgan fingerprint density at radius 2 is 1.94 bits per heavy atom. The number of alkyl carbamates (subject to hydrolysis) is 1. The van der Waals surface area contributed by atoms with E-state index in [1.54, 1.807) is 49.4 Å². The van der Waals surface area contributed by atoms with Crippen LogP contribution >= 0.6 is 0 Å². The van der Waals surface area contributed by atoms with Crippen LogP contribution < -0.4 is 15.0 Å². The van der Waals surface area contributed by atoms with Crippen LogP contribution in [-0.4, -0.2) is 57.3 Å². The average Bonchev–Trinajstić information content (AvgIpc) is 3.16. The van der Waals surface area contributed by atoms with Crippen LogP contribution in [0.15, 0.2) is 24.7 Å². The second-order valence-corrected chi connectivity index (χ2v) is 9.77. The predicted molar refractivity (Wildman–Crippen MR) is 127 cm³/mol. The first-order chi connectivity index (χ1) is 16.8. The lowest BCUT2D eigenvalue weighted by atomic mass is 10.0. The van der Waals surface area contributed by atoms with Gasteiger partial charge in [0.2, 0.25) is 5.65 Å². The van der Waals surface area contributed by atoms with Crippen molar-refractivity contribution in [2.45, 2.75) is 58.4 Å². The van der Waals surface area contributed by atoms with Crippen LogP contribution in [0.1, 0.15) is 44.9 Å². The van der Waals surface area contributed by atoms with E-state index in [0.717, 1.165) is 11.8 Å². The monoisotopic (exact) mass is 506 g/mol. The largest absolute Gasteiger partial charge is 0.478 e. The van der Waals surface area contributed by atoms with Crippen molar-refractivity contribution in [2.24, 2.45) is 0 Å². The molecule has 1 atom stereocenters. The first-order valence-electron chi connectivity index (χ1n) is 11.6. The SMILES string of the molecule is COc1nc(-c2cnc(N3CCC[C@@H](NC(=O)OC(C)(C)C)C3)c(C(F)(F)F)c2)cn2cc(C)nc12. The van der Waals surface area contributed by atoms with Crippen molar-refractivity contribution in [2.75, 3.05) is 25.1 Å². The summed E-state index contributed by atoms with van der Waals surface area (Å²) in [4.78, 5) is 26.6. The molecular weight excluding hydrogens is 477 g/mol. The molecule has 9 nitrogen and oxygen atoms in total. The summed E-state index contributed by atoms with van der Waals surface area (Å²) >= 11 is 0. The van der Waals surface area contributed by atoms with Crippen molar-refractivity contribution in [3.05, 3.63) is 35.9 Å². The second kappa shape index (κ2) is 9.47. The summed E-state index contributed by atoms with van der Waals surface area (Å²) in [5, 5.41) is 2.76. The molecule has 0 radical (unpaired) electrons. The van der Waals surface area contributed by atoms with Gasteiger partial charge in [0.15, 0.2) is 0 Å². The highest BCUT2D eigenvalue weighted by atomic mass is 19.4. The quantitative estimate of drug-likeness (QED) is 0.552. The number of fused-ring (bicyclic) bond motifs is 1. The van der Waals surface area contributed by atoms with E-state index in [9.17, 15) is 18.0 Å². The molecule has 1 aliphatic heterocycles. The molecule has 0 unspecified atom stereocenters. The molecule has 1 saturated heterocycles. The Bertz CT molecular complexity index is 1270. The Hall–Kier alpha value is -3.57. The van der Waals surface area contributed by atoms with Gasteiger partial charge in [-0.1, -0.05) is 0 Å². The zero-order valence-electron chi connectivity index (χ0n) is 20.8. The first-order valence-corrected chi connectivity index (χ1v) is 11.6. The fraction of sp³-hybridized carbons (Fsp3) is 0.500. The number of hydrogen-bond donors (Lipinski definition) is 1. The predicted octanol–water partition coefficient (Wildman–Crippen LogP) is 4.62. The number of carbonyl (C=O) groups excluding carboxylic acids is 1. The van der Waals surface area contributed by atoms with E-state index >= 15 is 0 Å². The average molecular weight is 507 g/mol. The number of aromatic nitrogens is 4. The van der Waals surface area contributed by atoms with Gasteiger partial charge in [0.25, 0.3) is 5.88 Å². The molecule has 1 N–H and O–H groups in total. The number of hydrogen-bond acceptors (Lipinski definition) is 7. The van der Waals surface area contributed by atoms with Gasteiger partial charge in [-0.3, -0.25) is 0 Å². The van der Waals surface area contributed by atoms with E-state index in [4.69, 9.17) is 9.47 Å². The number of aryl methyl sites for hydroxylation is 1. The zero-order valence-corrected chi connectivity index (χ0v) is 20.8. The highest BCUT2D eigenvalue weighted by molar-refractivity contribution is 5.69. The number of pyridine rings is 1. The topological polar surface area (TPSA) is 93.9 Å². The van der Waals surface area contributed by atoms with Crippen molar-refractivity contribution in [1.82, 2.24) is 24.7 Å². The fourth-order valence-corrected chi connectivity index (χ4v) is 4.19. The Morgan fingerprint density at radius 1 is 1.19 bits per heavy atom. The van der Waals surface area contributed by atoms with Gasteiger partial charge in [-0.2, -0.15) is 13.2 Å². The fourth-order valence-electron chi connectivity index (χ4n) is 4.19. The molecule has 0 aliphatic carbocycles. The molecule has 1 aliphatic rings. The third-order valence-electron chi connectivity index (χ3n) is 5.63. The summed E-state index contributed by atoms with van der Waals surface area (Å²) in [6.45, 7) is 7.61. The molecule has 12 heteroatoms. The third kappa shape index (κ3) is 5.63. The number of methoxy groups -OCH3 is 1. The number of imidazole rings is 1. The molecule has 0 bridgehead atoms. The second-order valence-electron chi connectivity index (χ2n) is 9.77. The van der Waals surface area contributed by atoms with E-state index in [2.05, 4.69) is 20.3 Å². The Labute approximate surface area is 206 Å². The number of carbonyl (C=O) groups is 1. The van der Waals surface area contributed by atoms with Gasteiger partial charge in [0, 0.05) is 43.3 Å². The van der Waals surface area contributed by atoms with Crippen molar-refractivity contribution < 1.29 is 27.4 Å². The van der Waals surface area contributed by atoms with Crippen LogP contribution in [0.3, 0.4) is 0 Å². The lowest BCUT2D eigenvalue weighted by molar-refractivity contribution is -0.137. The van der Waals surface area contributed by atoms with Crippen LogP contribution in [0.2, 0.25) is 0 Å². The number of alkyl halides is 3. The summed E-state index contributed by atoms with van der Waals surface area (Å²) < 4.78 is 54.8. The summed E-state index contributed by atoms with van der Waals surface area (Å²) in [6.07, 6.45) is 0.673. The van der Waals surface area contributed by atoms with Gasteiger partial charge in [-0.25, -0.2) is 19.7 Å². The van der Waals surface area contributed by atoms with Crippen LogP contribution in [0.4, 0.5) is 23.8 Å². The third-order valence-corrected chi connectivity index (χ3v) is 5.63. The minimum atomic E-state index is -4.65. The number of nitrogens with zero attached hydrogens (tertiary/aromatic N) is 5. The molecule has 0 saturated carbocycles. The highest BCUT2D eigenvalue weighted by Gasteiger charge is 2.38. The van der Waals surface area contributed by atoms with Gasteiger partial charge >= 0.3 is 12.3 Å². The molecule has 36 heavy (non-hydrogen) atoms. The number of amides is 1. The number of anilines is 1. The van der Waals surface area contributed by atoms with Crippen molar-refractivity contribution >= 4 is 17.6 Å². The van der Waals surface area contributed by atoms with E-state index in [1.165, 1.54) is 13.3 Å². The number of halogens is 3. The number of rotatable bonds is 4. The number of nitrogens with one attached hydrogen (secondary N) is 1. The van der Waals surface area contributed by atoms with Gasteiger partial charge in [-0.15, -0.1) is 0 Å². The maximum absolute atomic E-state index is 14.2. The van der Waals surface area contributed by atoms with Gasteiger partial charge in [-0.05, 0) is 46.6 Å². The molecule has 1 fully saturated rings. The van der Waals surface area contributed by atoms with Gasteiger partial charge < -0.3 is 24.1 Å². The molecule has 194 valence electrons. The number of piperidine rings is 1. The van der Waals surface area contributed by atoms with Crippen LogP contribution in [0.5, 0.6) is 5.88 Å². The molecule has 3 aromatic heterocycles. The van der Waals surface area contributed by atoms with Crippen molar-refractivity contribution in [1.29, 1.82) is 0 Å².